The molecule has 164 valence electrons. The van der Waals surface area contributed by atoms with Gasteiger partial charge in [-0.05, 0) is 48.6 Å². The average Bonchev–Trinajstić information content (AvgIpc) is 2.76. The van der Waals surface area contributed by atoms with E-state index in [9.17, 15) is 4.79 Å². The van der Waals surface area contributed by atoms with Crippen LogP contribution in [0.1, 0.15) is 81.1 Å². The van der Waals surface area contributed by atoms with Gasteiger partial charge in [0.25, 0.3) is 0 Å². The molecule has 2 rings (SSSR count). The van der Waals surface area contributed by atoms with Gasteiger partial charge in [0.05, 0.1) is 12.2 Å². The number of carbonyl (C=O) groups is 1. The Morgan fingerprint density at radius 2 is 1.33 bits per heavy atom. The van der Waals surface area contributed by atoms with Gasteiger partial charge in [0.2, 0.25) is 0 Å². The lowest BCUT2D eigenvalue weighted by Gasteiger charge is -2.12. The van der Waals surface area contributed by atoms with Gasteiger partial charge in [0.15, 0.2) is 0 Å². The summed E-state index contributed by atoms with van der Waals surface area (Å²) in [4.78, 5) is 12.2. The van der Waals surface area contributed by atoms with E-state index in [0.717, 1.165) is 12.0 Å². The Kier molecular flexibility index (Phi) is 11.2. The van der Waals surface area contributed by atoms with Crippen molar-refractivity contribution in [3.05, 3.63) is 59.7 Å². The molecule has 0 aliphatic heterocycles. The van der Waals surface area contributed by atoms with Crippen molar-refractivity contribution in [3.63, 3.8) is 0 Å². The lowest BCUT2D eigenvalue weighted by atomic mass is 10.00. The van der Waals surface area contributed by atoms with Crippen LogP contribution in [0.4, 0.5) is 0 Å². The molecule has 0 aliphatic rings. The third-order valence-corrected chi connectivity index (χ3v) is 5.44. The zero-order chi connectivity index (χ0) is 21.6. The largest absolute Gasteiger partial charge is 0.457 e. The van der Waals surface area contributed by atoms with Crippen LogP contribution in [0.25, 0.3) is 11.1 Å². The molecule has 1 atom stereocenters. The first-order chi connectivity index (χ1) is 14.6. The van der Waals surface area contributed by atoms with E-state index in [1.807, 2.05) is 31.2 Å². The SMILES string of the molecule is CCCCCCCCCCc1ccc(-c2ccc(C(=O)OC(C)COC)cc2)cc1. The van der Waals surface area contributed by atoms with Crippen molar-refractivity contribution in [1.82, 2.24) is 0 Å². The van der Waals surface area contributed by atoms with Crippen LogP contribution in [0, 0.1) is 0 Å². The van der Waals surface area contributed by atoms with Crippen molar-refractivity contribution in [2.24, 2.45) is 0 Å². The van der Waals surface area contributed by atoms with Gasteiger partial charge in [-0.3, -0.25) is 0 Å². The quantitative estimate of drug-likeness (QED) is 0.243. The standard InChI is InChI=1S/C27H38O3/c1-4-5-6-7-8-9-10-11-12-23-13-15-24(16-14-23)25-17-19-26(20-18-25)27(28)30-22(2)21-29-3/h13-20,22H,4-12,21H2,1-3H3. The monoisotopic (exact) mass is 410 g/mol. The average molecular weight is 411 g/mol. The van der Waals surface area contributed by atoms with Crippen LogP contribution >= 0.6 is 0 Å². The smallest absolute Gasteiger partial charge is 0.338 e. The number of carbonyl (C=O) groups excluding carboxylic acids is 1. The number of aryl methyl sites for hydroxylation is 1. The fourth-order valence-corrected chi connectivity index (χ4v) is 3.65. The minimum Gasteiger partial charge on any atom is -0.457 e. The topological polar surface area (TPSA) is 35.5 Å². The maximum atomic E-state index is 12.2. The lowest BCUT2D eigenvalue weighted by molar-refractivity contribution is 0.0120. The van der Waals surface area contributed by atoms with E-state index in [1.54, 1.807) is 7.11 Å². The summed E-state index contributed by atoms with van der Waals surface area (Å²) >= 11 is 0. The number of rotatable bonds is 14. The van der Waals surface area contributed by atoms with Gasteiger partial charge in [-0.25, -0.2) is 4.79 Å². The van der Waals surface area contributed by atoms with E-state index >= 15 is 0 Å². The van der Waals surface area contributed by atoms with Crippen molar-refractivity contribution in [2.45, 2.75) is 77.7 Å². The first-order valence-electron chi connectivity index (χ1n) is 11.5. The normalized spacial score (nSPS) is 12.0. The van der Waals surface area contributed by atoms with Crippen molar-refractivity contribution in [1.29, 1.82) is 0 Å². The second kappa shape index (κ2) is 14.0. The number of methoxy groups -OCH3 is 1. The van der Waals surface area contributed by atoms with Crippen molar-refractivity contribution < 1.29 is 14.3 Å². The zero-order valence-electron chi connectivity index (χ0n) is 19.0. The van der Waals surface area contributed by atoms with E-state index in [1.165, 1.54) is 62.5 Å². The first kappa shape index (κ1) is 24.1. The number of benzene rings is 2. The van der Waals surface area contributed by atoms with Crippen LogP contribution < -0.4 is 0 Å². The maximum absolute atomic E-state index is 12.2. The molecule has 0 amide bonds. The van der Waals surface area contributed by atoms with Gasteiger partial charge in [0, 0.05) is 7.11 Å². The molecule has 0 saturated carbocycles. The first-order valence-corrected chi connectivity index (χ1v) is 11.5. The molecule has 2 aromatic rings. The van der Waals surface area contributed by atoms with Gasteiger partial charge in [-0.15, -0.1) is 0 Å². The predicted molar refractivity (Wildman–Crippen MR) is 125 cm³/mol. The summed E-state index contributed by atoms with van der Waals surface area (Å²) in [6, 6.07) is 16.4. The van der Waals surface area contributed by atoms with Gasteiger partial charge < -0.3 is 9.47 Å². The van der Waals surface area contributed by atoms with Gasteiger partial charge in [-0.1, -0.05) is 88.3 Å². The summed E-state index contributed by atoms with van der Waals surface area (Å²) in [6.07, 6.45) is 11.7. The zero-order valence-corrected chi connectivity index (χ0v) is 19.0. The van der Waals surface area contributed by atoms with Crippen molar-refractivity contribution >= 4 is 5.97 Å². The molecular weight excluding hydrogens is 372 g/mol. The van der Waals surface area contributed by atoms with Crippen LogP contribution in [0.15, 0.2) is 48.5 Å². The molecule has 0 aliphatic carbocycles. The summed E-state index contributed by atoms with van der Waals surface area (Å²) < 4.78 is 10.4. The molecule has 0 spiro atoms. The van der Waals surface area contributed by atoms with Gasteiger partial charge in [0.1, 0.15) is 6.10 Å². The second-order valence-electron chi connectivity index (χ2n) is 8.17. The Balaban J connectivity index is 1.77. The molecule has 0 aromatic heterocycles. The van der Waals surface area contributed by atoms with Crippen molar-refractivity contribution in [3.8, 4) is 11.1 Å². The predicted octanol–water partition coefficient (Wildman–Crippen LogP) is 7.23. The number of hydrogen-bond acceptors (Lipinski definition) is 3. The maximum Gasteiger partial charge on any atom is 0.338 e. The Bertz CT molecular complexity index is 719. The van der Waals surface area contributed by atoms with Crippen LogP contribution in [-0.4, -0.2) is 25.8 Å². The molecular formula is C27H38O3. The highest BCUT2D eigenvalue weighted by Gasteiger charge is 2.12. The van der Waals surface area contributed by atoms with Crippen LogP contribution in [0.3, 0.4) is 0 Å². The van der Waals surface area contributed by atoms with Crippen LogP contribution in [0.5, 0.6) is 0 Å². The third-order valence-electron chi connectivity index (χ3n) is 5.44. The highest BCUT2D eigenvalue weighted by Crippen LogP contribution is 2.22. The fraction of sp³-hybridized carbons (Fsp3) is 0.519. The highest BCUT2D eigenvalue weighted by molar-refractivity contribution is 5.90. The Morgan fingerprint density at radius 1 is 0.800 bits per heavy atom. The van der Waals surface area contributed by atoms with Gasteiger partial charge in [-0.2, -0.15) is 0 Å². The number of hydrogen-bond donors (Lipinski definition) is 0. The molecule has 0 heterocycles. The minimum absolute atomic E-state index is 0.254. The molecule has 2 aromatic carbocycles. The molecule has 30 heavy (non-hydrogen) atoms. The summed E-state index contributed by atoms with van der Waals surface area (Å²) in [5.74, 6) is -0.313. The van der Waals surface area contributed by atoms with Crippen LogP contribution in [-0.2, 0) is 15.9 Å². The van der Waals surface area contributed by atoms with E-state index in [4.69, 9.17) is 9.47 Å². The molecule has 3 heteroatoms. The highest BCUT2D eigenvalue weighted by atomic mass is 16.6. The molecule has 0 bridgehead atoms. The van der Waals surface area contributed by atoms with E-state index in [0.29, 0.717) is 12.2 Å². The van der Waals surface area contributed by atoms with E-state index < -0.39 is 0 Å². The second-order valence-corrected chi connectivity index (χ2v) is 8.17. The molecule has 3 nitrogen and oxygen atoms in total. The summed E-state index contributed by atoms with van der Waals surface area (Å²) in [5.41, 5.74) is 4.24. The van der Waals surface area contributed by atoms with E-state index in [2.05, 4.69) is 31.2 Å². The molecule has 0 fully saturated rings. The Labute approximate surface area is 182 Å². The molecule has 0 saturated heterocycles. The fourth-order valence-electron chi connectivity index (χ4n) is 3.65. The molecule has 1 unspecified atom stereocenters. The van der Waals surface area contributed by atoms with Crippen molar-refractivity contribution in [2.75, 3.05) is 13.7 Å². The summed E-state index contributed by atoms with van der Waals surface area (Å²) in [7, 11) is 1.60. The molecule has 0 N–H and O–H groups in total. The lowest BCUT2D eigenvalue weighted by Crippen LogP contribution is -2.19. The van der Waals surface area contributed by atoms with E-state index in [-0.39, 0.29) is 12.1 Å². The molecule has 0 radical (unpaired) electrons. The van der Waals surface area contributed by atoms with Crippen LogP contribution in [0.2, 0.25) is 0 Å². The number of unbranched alkanes of at least 4 members (excludes halogenated alkanes) is 7. The third kappa shape index (κ3) is 8.71. The summed E-state index contributed by atoms with van der Waals surface area (Å²) in [5, 5.41) is 0. The number of esters is 1. The number of ether oxygens (including phenoxy) is 2. The minimum atomic E-state index is -0.313. The Morgan fingerprint density at radius 3 is 1.90 bits per heavy atom. The van der Waals surface area contributed by atoms with Gasteiger partial charge >= 0.3 is 5.97 Å². The summed E-state index contributed by atoms with van der Waals surface area (Å²) in [6.45, 7) is 4.49. The Hall–Kier alpha value is -2.13.